The molecule has 0 unspecified atom stereocenters. The van der Waals surface area contributed by atoms with Gasteiger partial charge in [0.05, 0.1) is 28.8 Å². The number of aromatic nitrogens is 1. The first kappa shape index (κ1) is 25.3. The molecule has 2 rings (SSSR count). The van der Waals surface area contributed by atoms with Crippen LogP contribution in [0.1, 0.15) is 54.9 Å². The molecular weight excluding hydrogens is 446 g/mol. The summed E-state index contributed by atoms with van der Waals surface area (Å²) in [5.41, 5.74) is 0.558. The van der Waals surface area contributed by atoms with Crippen LogP contribution < -0.4 is 4.74 Å². The summed E-state index contributed by atoms with van der Waals surface area (Å²) in [5.74, 6) is -1.29. The van der Waals surface area contributed by atoms with Crippen LogP contribution in [0.5, 0.6) is 11.5 Å². The number of phenolic OH excluding ortho intramolecular Hbond substituents is 1. The van der Waals surface area contributed by atoms with E-state index in [1.165, 1.54) is 37.6 Å². The molecule has 0 radical (unpaired) electrons. The predicted octanol–water partition coefficient (Wildman–Crippen LogP) is 3.55. The van der Waals surface area contributed by atoms with Crippen LogP contribution >= 0.6 is 0 Å². The molecule has 1 heterocycles. The van der Waals surface area contributed by atoms with Crippen molar-refractivity contribution >= 4 is 22.7 Å². The van der Waals surface area contributed by atoms with Gasteiger partial charge in [-0.15, -0.1) is 0 Å². The first-order valence-electron chi connectivity index (χ1n) is 9.42. The number of phenols is 1. The van der Waals surface area contributed by atoms with Crippen molar-refractivity contribution in [1.82, 2.24) is 4.98 Å². The van der Waals surface area contributed by atoms with E-state index < -0.39 is 40.2 Å². The number of nitrogens with zero attached hydrogens (tertiary/aromatic N) is 2. The molecule has 0 aliphatic rings. The summed E-state index contributed by atoms with van der Waals surface area (Å²) in [6, 6.07) is 6.32. The van der Waals surface area contributed by atoms with Crippen molar-refractivity contribution in [1.29, 1.82) is 0 Å². The van der Waals surface area contributed by atoms with Gasteiger partial charge in [0.1, 0.15) is 28.6 Å². The Labute approximate surface area is 186 Å². The number of methoxy groups -OCH3 is 1. The van der Waals surface area contributed by atoms with Crippen LogP contribution in [0.2, 0.25) is 0 Å². The summed E-state index contributed by atoms with van der Waals surface area (Å²) in [6.07, 6.45) is -0.189. The van der Waals surface area contributed by atoms with Crippen LogP contribution in [0.15, 0.2) is 40.9 Å². The third-order valence-electron chi connectivity index (χ3n) is 4.16. The number of halogens is 2. The Morgan fingerprint density at radius 3 is 2.44 bits per heavy atom. The van der Waals surface area contributed by atoms with E-state index in [1.54, 1.807) is 20.8 Å². The van der Waals surface area contributed by atoms with Gasteiger partial charge in [-0.2, -0.15) is 13.2 Å². The van der Waals surface area contributed by atoms with Crippen LogP contribution in [0.25, 0.3) is 0 Å². The van der Waals surface area contributed by atoms with E-state index in [2.05, 4.69) is 18.9 Å². The maximum absolute atomic E-state index is 12.6. The van der Waals surface area contributed by atoms with Crippen molar-refractivity contribution in [3.05, 3.63) is 53.3 Å². The Morgan fingerprint density at radius 1 is 1.25 bits per heavy atom. The second-order valence-corrected chi connectivity index (χ2v) is 9.55. The van der Waals surface area contributed by atoms with Crippen molar-refractivity contribution < 1.29 is 37.5 Å². The lowest BCUT2D eigenvalue weighted by Crippen LogP contribution is -2.22. The quantitative estimate of drug-likeness (QED) is 0.447. The standard InChI is InChI=1S/C21H24F2N2O6S/c1-21(2,3)32(29)25-16(14-7-6-13(9-17(14)26)31-20(22)23)10-18(27)15-8-5-12(11-24-15)19(28)30-4/h5-9,11,18,20,26-27H,10H2,1-4H3/b25-16+/t18-,32-/m0/s1. The third-order valence-corrected chi connectivity index (χ3v) is 5.59. The Bertz CT molecular complexity index is 1010. The number of esters is 1. The molecule has 32 heavy (non-hydrogen) atoms. The number of aliphatic hydroxyl groups is 1. The molecule has 0 saturated heterocycles. The predicted molar refractivity (Wildman–Crippen MR) is 114 cm³/mol. The summed E-state index contributed by atoms with van der Waals surface area (Å²) in [5, 5.41) is 21.0. The molecule has 1 aromatic carbocycles. The molecule has 0 saturated carbocycles. The number of carbonyl (C=O) groups is 1. The van der Waals surface area contributed by atoms with Gasteiger partial charge >= 0.3 is 12.6 Å². The minimum atomic E-state index is -3.07. The van der Waals surface area contributed by atoms with Gasteiger partial charge in [0.15, 0.2) is 0 Å². The van der Waals surface area contributed by atoms with Crippen molar-refractivity contribution in [2.24, 2.45) is 4.40 Å². The maximum atomic E-state index is 12.6. The summed E-state index contributed by atoms with van der Waals surface area (Å²) in [4.78, 5) is 15.6. The molecule has 0 bridgehead atoms. The molecule has 2 aromatic rings. The van der Waals surface area contributed by atoms with Gasteiger partial charge in [0.2, 0.25) is 0 Å². The molecule has 0 spiro atoms. The molecule has 0 aliphatic heterocycles. The molecule has 11 heteroatoms. The molecule has 0 amide bonds. The number of alkyl halides is 2. The second kappa shape index (κ2) is 10.6. The van der Waals surface area contributed by atoms with Gasteiger partial charge in [0, 0.05) is 24.2 Å². The van der Waals surface area contributed by atoms with Gasteiger partial charge < -0.3 is 19.7 Å². The molecule has 8 nitrogen and oxygen atoms in total. The Kier molecular flexibility index (Phi) is 8.39. The Hall–Kier alpha value is -2.92. The highest BCUT2D eigenvalue weighted by Crippen LogP contribution is 2.29. The summed E-state index contributed by atoms with van der Waals surface area (Å²) in [7, 11) is -0.512. The summed E-state index contributed by atoms with van der Waals surface area (Å²) >= 11 is 0. The van der Waals surface area contributed by atoms with E-state index in [0.29, 0.717) is 0 Å². The van der Waals surface area contributed by atoms with Crippen LogP contribution in [-0.2, 0) is 15.7 Å². The first-order valence-corrected chi connectivity index (χ1v) is 10.5. The molecule has 0 aliphatic carbocycles. The average Bonchev–Trinajstić information content (AvgIpc) is 2.71. The zero-order valence-corrected chi connectivity index (χ0v) is 18.7. The Morgan fingerprint density at radius 2 is 1.94 bits per heavy atom. The topological polar surface area (TPSA) is 118 Å². The number of ether oxygens (including phenoxy) is 2. The zero-order valence-electron chi connectivity index (χ0n) is 17.9. The van der Waals surface area contributed by atoms with Crippen molar-refractivity contribution in [2.45, 2.75) is 44.7 Å². The van der Waals surface area contributed by atoms with Crippen LogP contribution in [0.4, 0.5) is 8.78 Å². The lowest BCUT2D eigenvalue weighted by molar-refractivity contribution is -0.0499. The number of aromatic hydroxyl groups is 1. The molecule has 2 N–H and O–H groups in total. The fourth-order valence-electron chi connectivity index (χ4n) is 2.49. The Balaban J connectivity index is 2.39. The monoisotopic (exact) mass is 470 g/mol. The number of pyridine rings is 1. The number of carbonyl (C=O) groups excluding carboxylic acids is 1. The van der Waals surface area contributed by atoms with Gasteiger partial charge in [-0.3, -0.25) is 4.98 Å². The number of hydrogen-bond acceptors (Lipinski definition) is 7. The van der Waals surface area contributed by atoms with E-state index in [0.717, 1.165) is 6.07 Å². The zero-order chi connectivity index (χ0) is 24.1. The molecule has 174 valence electrons. The van der Waals surface area contributed by atoms with Crippen molar-refractivity contribution in [2.75, 3.05) is 7.11 Å². The lowest BCUT2D eigenvalue weighted by Gasteiger charge is -2.18. The number of hydrogen-bond donors (Lipinski definition) is 2. The van der Waals surface area contributed by atoms with Gasteiger partial charge in [-0.25, -0.2) is 9.00 Å². The van der Waals surface area contributed by atoms with E-state index in [-0.39, 0.29) is 34.7 Å². The lowest BCUT2D eigenvalue weighted by atomic mass is 10.0. The van der Waals surface area contributed by atoms with Gasteiger partial charge in [-0.05, 0) is 45.0 Å². The number of benzene rings is 1. The summed E-state index contributed by atoms with van der Waals surface area (Å²) in [6.45, 7) is 2.04. The van der Waals surface area contributed by atoms with Crippen LogP contribution in [0, 0.1) is 0 Å². The normalized spacial score (nSPS) is 14.2. The highest BCUT2D eigenvalue weighted by Gasteiger charge is 2.24. The largest absolute Gasteiger partial charge is 0.507 e. The fraction of sp³-hybridized carbons (Fsp3) is 0.381. The van der Waals surface area contributed by atoms with Gasteiger partial charge in [0.25, 0.3) is 0 Å². The smallest absolute Gasteiger partial charge is 0.387 e. The average molecular weight is 470 g/mol. The molecular formula is C21H24F2N2O6S. The van der Waals surface area contributed by atoms with E-state index in [9.17, 15) is 28.0 Å². The molecule has 0 fully saturated rings. The minimum Gasteiger partial charge on any atom is -0.507 e. The van der Waals surface area contributed by atoms with Crippen LogP contribution in [0.3, 0.4) is 0 Å². The second-order valence-electron chi connectivity index (χ2n) is 7.64. The van der Waals surface area contributed by atoms with E-state index in [4.69, 9.17) is 0 Å². The first-order chi connectivity index (χ1) is 14.9. The number of rotatable bonds is 8. The van der Waals surface area contributed by atoms with Crippen LogP contribution in [-0.4, -0.2) is 49.6 Å². The fourth-order valence-corrected chi connectivity index (χ4v) is 3.14. The highest BCUT2D eigenvalue weighted by molar-refractivity contribution is 7.85. The summed E-state index contributed by atoms with van der Waals surface area (Å²) < 4.78 is 49.8. The van der Waals surface area contributed by atoms with E-state index in [1.807, 2.05) is 0 Å². The third kappa shape index (κ3) is 6.79. The SMILES string of the molecule is COC(=O)c1ccc([C@@H](O)C/C(=N\[S@@](=O)C(C)(C)C)c2ccc(OC(F)F)cc2O)nc1. The molecule has 1 aromatic heterocycles. The van der Waals surface area contributed by atoms with Crippen molar-refractivity contribution in [3.8, 4) is 11.5 Å². The van der Waals surface area contributed by atoms with Gasteiger partial charge in [-0.1, -0.05) is 0 Å². The van der Waals surface area contributed by atoms with E-state index >= 15 is 0 Å². The molecule has 2 atom stereocenters. The minimum absolute atomic E-state index is 0.0747. The van der Waals surface area contributed by atoms with Crippen molar-refractivity contribution in [3.63, 3.8) is 0 Å². The number of aliphatic hydroxyl groups excluding tert-OH is 1. The maximum Gasteiger partial charge on any atom is 0.387 e. The highest BCUT2D eigenvalue weighted by atomic mass is 32.2.